The Bertz CT molecular complexity index is 3600. The lowest BCUT2D eigenvalue weighted by molar-refractivity contribution is 1.18. The second kappa shape index (κ2) is 14.8. The van der Waals surface area contributed by atoms with Gasteiger partial charge < -0.3 is 9.47 Å². The molecule has 1 aromatic heterocycles. The van der Waals surface area contributed by atoms with E-state index in [1.165, 1.54) is 87.5 Å². The van der Waals surface area contributed by atoms with Crippen LogP contribution in [0.25, 0.3) is 93.2 Å². The van der Waals surface area contributed by atoms with Gasteiger partial charge in [-0.15, -0.1) is 0 Å². The van der Waals surface area contributed by atoms with Crippen molar-refractivity contribution in [2.24, 2.45) is 0 Å². The molecular formula is C60H40N2. The second-order valence-corrected chi connectivity index (χ2v) is 16.1. The number of hydrogen-bond donors (Lipinski definition) is 0. The number of para-hydroxylation sites is 1. The molecule has 0 atom stereocenters. The minimum atomic E-state index is 1.09. The van der Waals surface area contributed by atoms with E-state index in [0.29, 0.717) is 0 Å². The lowest BCUT2D eigenvalue weighted by Gasteiger charge is -2.26. The summed E-state index contributed by atoms with van der Waals surface area (Å²) in [6, 6.07) is 88.5. The number of benzene rings is 11. The maximum absolute atomic E-state index is 2.42. The van der Waals surface area contributed by atoms with E-state index in [4.69, 9.17) is 0 Å². The van der Waals surface area contributed by atoms with E-state index in [2.05, 4.69) is 252 Å². The highest BCUT2D eigenvalue weighted by atomic mass is 15.1. The van der Waals surface area contributed by atoms with Crippen LogP contribution in [0.15, 0.2) is 243 Å². The van der Waals surface area contributed by atoms with Gasteiger partial charge in [0.2, 0.25) is 0 Å². The van der Waals surface area contributed by atoms with Crippen molar-refractivity contribution >= 4 is 71.2 Å². The number of fused-ring (bicyclic) bond motifs is 7. The van der Waals surface area contributed by atoms with E-state index >= 15 is 0 Å². The van der Waals surface area contributed by atoms with Gasteiger partial charge in [-0.25, -0.2) is 0 Å². The summed E-state index contributed by atoms with van der Waals surface area (Å²) in [5.41, 5.74) is 14.0. The van der Waals surface area contributed by atoms with Crippen LogP contribution in [-0.4, -0.2) is 4.57 Å². The summed E-state index contributed by atoms with van der Waals surface area (Å²) < 4.78 is 2.42. The second-order valence-electron chi connectivity index (χ2n) is 16.1. The van der Waals surface area contributed by atoms with Crippen molar-refractivity contribution in [3.63, 3.8) is 0 Å². The molecule has 0 radical (unpaired) electrons. The third-order valence-corrected chi connectivity index (χ3v) is 12.5. The van der Waals surface area contributed by atoms with Gasteiger partial charge in [-0.1, -0.05) is 170 Å². The van der Waals surface area contributed by atoms with Crippen LogP contribution in [0.4, 0.5) is 17.1 Å². The molecule has 0 aliphatic rings. The minimum absolute atomic E-state index is 1.09. The first-order valence-electron chi connectivity index (χ1n) is 21.3. The van der Waals surface area contributed by atoms with Crippen LogP contribution in [0.2, 0.25) is 0 Å². The summed E-state index contributed by atoms with van der Waals surface area (Å²) in [5, 5.41) is 10.0. The van der Waals surface area contributed by atoms with Crippen molar-refractivity contribution in [1.82, 2.24) is 4.57 Å². The van der Waals surface area contributed by atoms with Crippen LogP contribution < -0.4 is 4.90 Å². The first kappa shape index (κ1) is 35.7. The highest BCUT2D eigenvalue weighted by molar-refractivity contribution is 6.19. The molecule has 1 heterocycles. The minimum Gasteiger partial charge on any atom is -0.310 e. The van der Waals surface area contributed by atoms with Gasteiger partial charge in [-0.05, 0) is 138 Å². The van der Waals surface area contributed by atoms with Gasteiger partial charge in [0.25, 0.3) is 0 Å². The maximum Gasteiger partial charge on any atom is 0.0547 e. The average Bonchev–Trinajstić information content (AvgIpc) is 3.67. The van der Waals surface area contributed by atoms with Crippen LogP contribution >= 0.6 is 0 Å². The molecular weight excluding hydrogens is 749 g/mol. The highest BCUT2D eigenvalue weighted by Crippen LogP contribution is 2.44. The smallest absolute Gasteiger partial charge is 0.0547 e. The zero-order valence-corrected chi connectivity index (χ0v) is 34.0. The normalized spacial score (nSPS) is 11.5. The Morgan fingerprint density at radius 3 is 1.58 bits per heavy atom. The van der Waals surface area contributed by atoms with E-state index in [-0.39, 0.29) is 0 Å². The Morgan fingerprint density at radius 2 is 0.839 bits per heavy atom. The number of anilines is 3. The number of hydrogen-bond acceptors (Lipinski definition) is 1. The fraction of sp³-hybridized carbons (Fsp3) is 0. The molecule has 0 aliphatic carbocycles. The monoisotopic (exact) mass is 788 g/mol. The third kappa shape index (κ3) is 6.04. The molecule has 0 bridgehead atoms. The Balaban J connectivity index is 1.03. The Kier molecular flexibility index (Phi) is 8.53. The molecule has 62 heavy (non-hydrogen) atoms. The van der Waals surface area contributed by atoms with Gasteiger partial charge in [0.15, 0.2) is 0 Å². The van der Waals surface area contributed by atoms with Crippen molar-refractivity contribution in [3.05, 3.63) is 243 Å². The summed E-state index contributed by atoms with van der Waals surface area (Å²) in [6.45, 7) is 0. The summed E-state index contributed by atoms with van der Waals surface area (Å²) in [6.07, 6.45) is 0. The van der Waals surface area contributed by atoms with E-state index in [1.807, 2.05) is 0 Å². The van der Waals surface area contributed by atoms with Crippen molar-refractivity contribution in [2.45, 2.75) is 0 Å². The largest absolute Gasteiger partial charge is 0.310 e. The van der Waals surface area contributed by atoms with Crippen LogP contribution in [0.3, 0.4) is 0 Å². The van der Waals surface area contributed by atoms with E-state index in [1.54, 1.807) is 0 Å². The van der Waals surface area contributed by atoms with Gasteiger partial charge in [0.05, 0.1) is 11.0 Å². The van der Waals surface area contributed by atoms with Crippen LogP contribution in [0.5, 0.6) is 0 Å². The van der Waals surface area contributed by atoms with Crippen molar-refractivity contribution < 1.29 is 0 Å². The average molecular weight is 789 g/mol. The van der Waals surface area contributed by atoms with Crippen LogP contribution in [-0.2, 0) is 0 Å². The first-order valence-corrected chi connectivity index (χ1v) is 21.3. The number of nitrogens with zero attached hydrogens (tertiary/aromatic N) is 2. The molecule has 2 nitrogen and oxygen atoms in total. The number of aromatic nitrogens is 1. The molecule has 290 valence electrons. The summed E-state index contributed by atoms with van der Waals surface area (Å²) >= 11 is 0. The topological polar surface area (TPSA) is 8.17 Å². The lowest BCUT2D eigenvalue weighted by Crippen LogP contribution is -2.10. The molecule has 11 aromatic carbocycles. The van der Waals surface area contributed by atoms with E-state index < -0.39 is 0 Å². The Labute approximate surface area is 360 Å². The van der Waals surface area contributed by atoms with E-state index in [9.17, 15) is 0 Å². The molecule has 0 N–H and O–H groups in total. The summed E-state index contributed by atoms with van der Waals surface area (Å²) in [7, 11) is 0. The third-order valence-electron chi connectivity index (χ3n) is 12.5. The fourth-order valence-electron chi connectivity index (χ4n) is 9.63. The van der Waals surface area contributed by atoms with Gasteiger partial charge in [-0.2, -0.15) is 0 Å². The Hall–Kier alpha value is -8.20. The zero-order valence-electron chi connectivity index (χ0n) is 34.0. The lowest BCUT2D eigenvalue weighted by atomic mass is 9.93. The van der Waals surface area contributed by atoms with E-state index in [0.717, 1.165) is 22.7 Å². The SMILES string of the molecule is c1ccc(-c2ccc(N(c3ccc(-c4cc5ccccc5c5ccccc45)cc3)c3cccc(-c4cccc5c4c4cc6ccccc6cc4n5-c4ccccc4)c3)cc2)cc1. The molecule has 12 aromatic rings. The van der Waals surface area contributed by atoms with Crippen LogP contribution in [0, 0.1) is 0 Å². The quantitative estimate of drug-likeness (QED) is 0.146. The van der Waals surface area contributed by atoms with Gasteiger partial charge in [0.1, 0.15) is 0 Å². The Morgan fingerprint density at radius 1 is 0.274 bits per heavy atom. The molecule has 0 saturated carbocycles. The van der Waals surface area contributed by atoms with Crippen molar-refractivity contribution in [2.75, 3.05) is 4.90 Å². The van der Waals surface area contributed by atoms with Gasteiger partial charge in [0, 0.05) is 33.5 Å². The molecule has 0 unspecified atom stereocenters. The summed E-state index contributed by atoms with van der Waals surface area (Å²) in [4.78, 5) is 2.39. The molecule has 0 spiro atoms. The predicted molar refractivity (Wildman–Crippen MR) is 264 cm³/mol. The predicted octanol–water partition coefficient (Wildman–Crippen LogP) is 16.7. The van der Waals surface area contributed by atoms with Gasteiger partial charge >= 0.3 is 0 Å². The molecule has 0 amide bonds. The number of rotatable bonds is 7. The molecule has 0 fully saturated rings. The molecule has 12 rings (SSSR count). The molecule has 2 heteroatoms. The molecule has 0 saturated heterocycles. The zero-order chi connectivity index (χ0) is 41.0. The standard InChI is InChI=1S/C60H40N2/c1-3-15-41(16-4-1)42-29-33-49(34-30-42)61(50-35-31-43(32-36-50)56-39-47-19-9-10-24-52(47)54-25-11-12-26-55(54)56)51-23-13-20-46(37-51)53-27-14-28-58-60(53)57-38-44-17-7-8-18-45(44)40-59(57)62(58)48-21-5-2-6-22-48/h1-40H. The fourth-order valence-corrected chi connectivity index (χ4v) is 9.63. The van der Waals surface area contributed by atoms with Gasteiger partial charge in [-0.3, -0.25) is 0 Å². The molecule has 0 aliphatic heterocycles. The maximum atomic E-state index is 2.42. The van der Waals surface area contributed by atoms with Crippen LogP contribution in [0.1, 0.15) is 0 Å². The highest BCUT2D eigenvalue weighted by Gasteiger charge is 2.20. The van der Waals surface area contributed by atoms with Crippen molar-refractivity contribution in [1.29, 1.82) is 0 Å². The van der Waals surface area contributed by atoms with Crippen molar-refractivity contribution in [3.8, 4) is 39.1 Å². The first-order chi connectivity index (χ1) is 30.7. The summed E-state index contributed by atoms with van der Waals surface area (Å²) in [5.74, 6) is 0.